The topological polar surface area (TPSA) is 24.1 Å². The van der Waals surface area contributed by atoms with Gasteiger partial charge in [-0.15, -0.1) is 0 Å². The first-order chi connectivity index (χ1) is 6.34. The van der Waals surface area contributed by atoms with Crippen molar-refractivity contribution in [3.63, 3.8) is 0 Å². The molecule has 0 saturated carbocycles. The van der Waals surface area contributed by atoms with Crippen LogP contribution in [0.5, 0.6) is 0 Å². The van der Waals surface area contributed by atoms with Gasteiger partial charge in [0.15, 0.2) is 0 Å². The van der Waals surface area contributed by atoms with E-state index in [4.69, 9.17) is 0 Å². The Morgan fingerprint density at radius 1 is 1.46 bits per heavy atom. The van der Waals surface area contributed by atoms with Crippen molar-refractivity contribution in [2.75, 3.05) is 11.9 Å². The summed E-state index contributed by atoms with van der Waals surface area (Å²) in [4.78, 5) is 0. The van der Waals surface area contributed by atoms with Crippen LogP contribution in [-0.4, -0.2) is 12.7 Å². The van der Waals surface area contributed by atoms with E-state index in [1.54, 1.807) is 6.07 Å². The van der Waals surface area contributed by atoms with Gasteiger partial charge in [0.1, 0.15) is 5.82 Å². The summed E-state index contributed by atoms with van der Waals surface area (Å²) in [7, 11) is 0. The second-order valence-corrected chi connectivity index (χ2v) is 3.30. The quantitative estimate of drug-likeness (QED) is 0.726. The van der Waals surface area contributed by atoms with Crippen LogP contribution in [0.15, 0.2) is 24.3 Å². The monoisotopic (exact) mass is 180 g/mol. The number of halogens is 1. The van der Waals surface area contributed by atoms with Crippen molar-refractivity contribution in [3.8, 4) is 0 Å². The predicted molar refractivity (Wildman–Crippen MR) is 51.0 cm³/mol. The molecule has 3 heteroatoms. The van der Waals surface area contributed by atoms with E-state index in [0.29, 0.717) is 6.17 Å². The smallest absolute Gasteiger partial charge is 0.125 e. The average molecular weight is 180 g/mol. The highest BCUT2D eigenvalue weighted by atomic mass is 19.1. The molecule has 1 atom stereocenters. The van der Waals surface area contributed by atoms with E-state index in [0.717, 1.165) is 18.7 Å². The Hall–Kier alpha value is -1.09. The molecule has 0 bridgehead atoms. The number of nitrogens with one attached hydrogen (secondary N) is 2. The van der Waals surface area contributed by atoms with Crippen molar-refractivity contribution >= 4 is 5.69 Å². The fourth-order valence-electron chi connectivity index (χ4n) is 1.59. The SMILES string of the molecule is Fc1cccc(NC2CCCN2)c1. The molecule has 0 spiro atoms. The molecular weight excluding hydrogens is 167 g/mol. The van der Waals surface area contributed by atoms with Crippen molar-refractivity contribution in [2.24, 2.45) is 0 Å². The fraction of sp³-hybridized carbons (Fsp3) is 0.400. The molecule has 1 fully saturated rings. The van der Waals surface area contributed by atoms with E-state index in [9.17, 15) is 4.39 Å². The molecule has 1 aliphatic rings. The van der Waals surface area contributed by atoms with Gasteiger partial charge in [0.2, 0.25) is 0 Å². The molecular formula is C10H13FN2. The van der Waals surface area contributed by atoms with E-state index < -0.39 is 0 Å². The zero-order valence-electron chi connectivity index (χ0n) is 7.39. The summed E-state index contributed by atoms with van der Waals surface area (Å²) in [5.74, 6) is -0.192. The third-order valence-electron chi connectivity index (χ3n) is 2.23. The average Bonchev–Trinajstić information content (AvgIpc) is 2.57. The molecule has 0 aromatic heterocycles. The molecule has 2 N–H and O–H groups in total. The third kappa shape index (κ3) is 2.18. The van der Waals surface area contributed by atoms with Crippen LogP contribution in [0.4, 0.5) is 10.1 Å². The van der Waals surface area contributed by atoms with Crippen molar-refractivity contribution in [2.45, 2.75) is 19.0 Å². The van der Waals surface area contributed by atoms with Gasteiger partial charge in [-0.2, -0.15) is 0 Å². The largest absolute Gasteiger partial charge is 0.370 e. The zero-order chi connectivity index (χ0) is 9.10. The van der Waals surface area contributed by atoms with E-state index >= 15 is 0 Å². The first-order valence-corrected chi connectivity index (χ1v) is 4.60. The van der Waals surface area contributed by atoms with Crippen molar-refractivity contribution in [1.29, 1.82) is 0 Å². The lowest BCUT2D eigenvalue weighted by Crippen LogP contribution is -2.29. The summed E-state index contributed by atoms with van der Waals surface area (Å²) in [6.45, 7) is 1.05. The summed E-state index contributed by atoms with van der Waals surface area (Å²) in [6.07, 6.45) is 2.60. The van der Waals surface area contributed by atoms with Gasteiger partial charge >= 0.3 is 0 Å². The molecule has 1 heterocycles. The Morgan fingerprint density at radius 3 is 3.08 bits per heavy atom. The normalized spacial score (nSPS) is 21.8. The lowest BCUT2D eigenvalue weighted by atomic mass is 10.3. The van der Waals surface area contributed by atoms with E-state index in [1.807, 2.05) is 6.07 Å². The van der Waals surface area contributed by atoms with Gasteiger partial charge in [0.25, 0.3) is 0 Å². The molecule has 1 aromatic rings. The Morgan fingerprint density at radius 2 is 2.38 bits per heavy atom. The third-order valence-corrected chi connectivity index (χ3v) is 2.23. The second-order valence-electron chi connectivity index (χ2n) is 3.30. The Kier molecular flexibility index (Phi) is 2.45. The predicted octanol–water partition coefficient (Wildman–Crippen LogP) is 1.95. The molecule has 1 saturated heterocycles. The molecule has 13 heavy (non-hydrogen) atoms. The van der Waals surface area contributed by atoms with Gasteiger partial charge in [-0.25, -0.2) is 4.39 Å². The van der Waals surface area contributed by atoms with Crippen molar-refractivity contribution in [3.05, 3.63) is 30.1 Å². The minimum absolute atomic E-state index is 0.192. The summed E-state index contributed by atoms with van der Waals surface area (Å²) >= 11 is 0. The molecule has 0 aliphatic carbocycles. The molecule has 2 rings (SSSR count). The zero-order valence-corrected chi connectivity index (χ0v) is 7.39. The van der Waals surface area contributed by atoms with Gasteiger partial charge in [-0.1, -0.05) is 6.07 Å². The highest BCUT2D eigenvalue weighted by Gasteiger charge is 2.12. The molecule has 1 aliphatic heterocycles. The second kappa shape index (κ2) is 3.75. The number of hydrogen-bond acceptors (Lipinski definition) is 2. The summed E-state index contributed by atoms with van der Waals surface area (Å²) in [5.41, 5.74) is 0.847. The molecule has 2 nitrogen and oxygen atoms in total. The van der Waals surface area contributed by atoms with Crippen LogP contribution in [-0.2, 0) is 0 Å². The molecule has 1 unspecified atom stereocenters. The first-order valence-electron chi connectivity index (χ1n) is 4.60. The number of hydrogen-bond donors (Lipinski definition) is 2. The van der Waals surface area contributed by atoms with Crippen LogP contribution < -0.4 is 10.6 Å². The van der Waals surface area contributed by atoms with Crippen LogP contribution in [0.1, 0.15) is 12.8 Å². The van der Waals surface area contributed by atoms with Crippen LogP contribution >= 0.6 is 0 Å². The molecule has 70 valence electrons. The van der Waals surface area contributed by atoms with Gasteiger partial charge in [-0.05, 0) is 37.6 Å². The van der Waals surface area contributed by atoms with Gasteiger partial charge in [0.05, 0.1) is 6.17 Å². The fourth-order valence-corrected chi connectivity index (χ4v) is 1.59. The lowest BCUT2D eigenvalue weighted by molar-refractivity contribution is 0.626. The number of anilines is 1. The van der Waals surface area contributed by atoms with Crippen LogP contribution in [0, 0.1) is 5.82 Å². The molecule has 1 aromatic carbocycles. The van der Waals surface area contributed by atoms with Gasteiger partial charge in [-0.3, -0.25) is 5.32 Å². The molecule has 0 radical (unpaired) electrons. The van der Waals surface area contributed by atoms with Gasteiger partial charge < -0.3 is 5.32 Å². The standard InChI is InChI=1S/C10H13FN2/c11-8-3-1-4-9(7-8)13-10-5-2-6-12-10/h1,3-4,7,10,12-13H,2,5-6H2. The summed E-state index contributed by atoms with van der Waals surface area (Å²) in [6, 6.07) is 6.56. The number of rotatable bonds is 2. The lowest BCUT2D eigenvalue weighted by Gasteiger charge is -2.13. The molecule has 0 amide bonds. The maximum Gasteiger partial charge on any atom is 0.125 e. The minimum atomic E-state index is -0.192. The van der Waals surface area contributed by atoms with Gasteiger partial charge in [0, 0.05) is 5.69 Å². The Bertz CT molecular complexity index is 282. The Balaban J connectivity index is 2.00. The van der Waals surface area contributed by atoms with E-state index in [-0.39, 0.29) is 5.82 Å². The van der Waals surface area contributed by atoms with Crippen LogP contribution in [0.25, 0.3) is 0 Å². The van der Waals surface area contributed by atoms with Crippen LogP contribution in [0.3, 0.4) is 0 Å². The highest BCUT2D eigenvalue weighted by molar-refractivity contribution is 5.43. The van der Waals surface area contributed by atoms with Crippen molar-refractivity contribution in [1.82, 2.24) is 5.32 Å². The number of benzene rings is 1. The van der Waals surface area contributed by atoms with Crippen LogP contribution in [0.2, 0.25) is 0 Å². The first kappa shape index (κ1) is 8.51. The summed E-state index contributed by atoms with van der Waals surface area (Å²) in [5, 5.41) is 6.52. The summed E-state index contributed by atoms with van der Waals surface area (Å²) < 4.78 is 12.8. The highest BCUT2D eigenvalue weighted by Crippen LogP contribution is 2.13. The maximum atomic E-state index is 12.8. The minimum Gasteiger partial charge on any atom is -0.370 e. The van der Waals surface area contributed by atoms with E-state index in [2.05, 4.69) is 10.6 Å². The van der Waals surface area contributed by atoms with E-state index in [1.165, 1.54) is 18.6 Å². The maximum absolute atomic E-state index is 12.8. The van der Waals surface area contributed by atoms with Crippen molar-refractivity contribution < 1.29 is 4.39 Å². The Labute approximate surface area is 77.2 Å².